The first-order valence-electron chi connectivity index (χ1n) is 6.67. The lowest BCUT2D eigenvalue weighted by atomic mass is 9.94. The molecule has 0 aromatic carbocycles. The number of nitrogens with two attached hydrogens (primary N) is 1. The Hall–Kier alpha value is -1.36. The fourth-order valence-corrected chi connectivity index (χ4v) is 2.44. The summed E-state index contributed by atoms with van der Waals surface area (Å²) in [7, 11) is 2.20. The van der Waals surface area contributed by atoms with E-state index in [1.807, 2.05) is 13.0 Å². The first-order chi connectivity index (χ1) is 8.63. The van der Waals surface area contributed by atoms with E-state index in [0.29, 0.717) is 5.95 Å². The molecular weight excluding hydrogens is 226 g/mol. The van der Waals surface area contributed by atoms with E-state index in [9.17, 15) is 0 Å². The first kappa shape index (κ1) is 13.1. The van der Waals surface area contributed by atoms with Gasteiger partial charge in [0, 0.05) is 18.3 Å². The molecule has 3 N–H and O–H groups in total. The van der Waals surface area contributed by atoms with E-state index in [1.165, 1.54) is 32.4 Å². The molecule has 1 fully saturated rings. The lowest BCUT2D eigenvalue weighted by molar-refractivity contribution is 0.215. The lowest BCUT2D eigenvalue weighted by Crippen LogP contribution is -2.30. The van der Waals surface area contributed by atoms with Gasteiger partial charge in [-0.1, -0.05) is 0 Å². The highest BCUT2D eigenvalue weighted by atomic mass is 15.1. The van der Waals surface area contributed by atoms with Gasteiger partial charge in [0.2, 0.25) is 5.95 Å². The van der Waals surface area contributed by atoms with Crippen molar-refractivity contribution < 1.29 is 0 Å². The molecule has 0 saturated carbocycles. The van der Waals surface area contributed by atoms with Crippen molar-refractivity contribution >= 4 is 11.8 Å². The molecule has 0 unspecified atom stereocenters. The maximum Gasteiger partial charge on any atom is 0.222 e. The van der Waals surface area contributed by atoms with Crippen molar-refractivity contribution in [2.75, 3.05) is 37.7 Å². The number of hydrogen-bond acceptors (Lipinski definition) is 5. The zero-order chi connectivity index (χ0) is 13.0. The van der Waals surface area contributed by atoms with Crippen molar-refractivity contribution in [3.63, 3.8) is 0 Å². The molecule has 1 aromatic rings. The predicted octanol–water partition coefficient (Wildman–Crippen LogP) is 1.51. The van der Waals surface area contributed by atoms with Gasteiger partial charge in [-0.05, 0) is 52.2 Å². The Labute approximate surface area is 109 Å². The molecule has 1 aliphatic rings. The third-order valence-electron chi connectivity index (χ3n) is 3.57. The van der Waals surface area contributed by atoms with Gasteiger partial charge in [-0.3, -0.25) is 0 Å². The molecule has 1 aromatic heterocycles. The molecular formula is C13H23N5. The molecule has 0 atom stereocenters. The van der Waals surface area contributed by atoms with E-state index in [0.717, 1.165) is 24.0 Å². The second kappa shape index (κ2) is 6.00. The highest BCUT2D eigenvalue weighted by Crippen LogP contribution is 2.19. The Morgan fingerprint density at radius 1 is 1.39 bits per heavy atom. The fourth-order valence-electron chi connectivity index (χ4n) is 2.44. The van der Waals surface area contributed by atoms with Crippen LogP contribution in [0.1, 0.15) is 25.0 Å². The minimum atomic E-state index is 0.344. The summed E-state index contributed by atoms with van der Waals surface area (Å²) in [5, 5.41) is 3.34. The van der Waals surface area contributed by atoms with E-state index >= 15 is 0 Å². The van der Waals surface area contributed by atoms with E-state index < -0.39 is 0 Å². The van der Waals surface area contributed by atoms with Gasteiger partial charge < -0.3 is 16.0 Å². The molecule has 0 amide bonds. The Kier molecular flexibility index (Phi) is 4.36. The number of anilines is 2. The van der Waals surface area contributed by atoms with Crippen molar-refractivity contribution in [3.05, 3.63) is 11.8 Å². The summed E-state index contributed by atoms with van der Waals surface area (Å²) in [5.74, 6) is 2.03. The molecule has 0 spiro atoms. The van der Waals surface area contributed by atoms with Crippen LogP contribution in [0.3, 0.4) is 0 Å². The summed E-state index contributed by atoms with van der Waals surface area (Å²) in [5.41, 5.74) is 6.53. The Bertz CT molecular complexity index is 365. The van der Waals surface area contributed by atoms with E-state index in [4.69, 9.17) is 5.73 Å². The van der Waals surface area contributed by atoms with Crippen LogP contribution >= 0.6 is 0 Å². The van der Waals surface area contributed by atoms with Crippen molar-refractivity contribution in [1.29, 1.82) is 0 Å². The third-order valence-corrected chi connectivity index (χ3v) is 3.57. The molecule has 100 valence electrons. The number of nitrogens with zero attached hydrogens (tertiary/aromatic N) is 3. The molecule has 0 radical (unpaired) electrons. The fraction of sp³-hybridized carbons (Fsp3) is 0.692. The van der Waals surface area contributed by atoms with Crippen molar-refractivity contribution in [1.82, 2.24) is 14.9 Å². The predicted molar refractivity (Wildman–Crippen MR) is 74.5 cm³/mol. The molecule has 1 aliphatic heterocycles. The molecule has 5 nitrogen and oxygen atoms in total. The zero-order valence-electron chi connectivity index (χ0n) is 11.3. The van der Waals surface area contributed by atoms with Crippen LogP contribution in [0.15, 0.2) is 6.07 Å². The van der Waals surface area contributed by atoms with Crippen LogP contribution < -0.4 is 11.1 Å². The van der Waals surface area contributed by atoms with E-state index in [-0.39, 0.29) is 0 Å². The van der Waals surface area contributed by atoms with Crippen LogP contribution in [0, 0.1) is 12.8 Å². The second-order valence-corrected chi connectivity index (χ2v) is 5.21. The highest BCUT2D eigenvalue weighted by Gasteiger charge is 2.15. The topological polar surface area (TPSA) is 67.1 Å². The molecule has 2 heterocycles. The summed E-state index contributed by atoms with van der Waals surface area (Å²) in [6, 6.07) is 1.94. The number of hydrogen-bond donors (Lipinski definition) is 2. The minimum Gasteiger partial charge on any atom is -0.370 e. The molecule has 18 heavy (non-hydrogen) atoms. The molecule has 1 saturated heterocycles. The van der Waals surface area contributed by atoms with Crippen LogP contribution in [0.2, 0.25) is 0 Å². The average Bonchev–Trinajstić information content (AvgIpc) is 2.30. The van der Waals surface area contributed by atoms with Crippen molar-refractivity contribution in [3.8, 4) is 0 Å². The first-order valence-corrected chi connectivity index (χ1v) is 6.67. The monoisotopic (exact) mass is 249 g/mol. The third kappa shape index (κ3) is 3.84. The molecule has 2 rings (SSSR count). The zero-order valence-corrected chi connectivity index (χ0v) is 11.3. The minimum absolute atomic E-state index is 0.344. The Morgan fingerprint density at radius 3 is 2.78 bits per heavy atom. The quantitative estimate of drug-likeness (QED) is 0.846. The van der Waals surface area contributed by atoms with Gasteiger partial charge in [0.15, 0.2) is 0 Å². The maximum absolute atomic E-state index is 5.62. The summed E-state index contributed by atoms with van der Waals surface area (Å²) in [6.45, 7) is 5.35. The smallest absolute Gasteiger partial charge is 0.222 e. The second-order valence-electron chi connectivity index (χ2n) is 5.21. The van der Waals surface area contributed by atoms with Crippen LogP contribution in [-0.2, 0) is 0 Å². The van der Waals surface area contributed by atoms with Crippen LogP contribution in [0.5, 0.6) is 0 Å². The number of aryl methyl sites for hydroxylation is 1. The highest BCUT2D eigenvalue weighted by molar-refractivity contribution is 5.39. The summed E-state index contributed by atoms with van der Waals surface area (Å²) < 4.78 is 0. The maximum atomic E-state index is 5.62. The SMILES string of the molecule is Cc1cc(NCCC2CCN(C)CC2)nc(N)n1. The van der Waals surface area contributed by atoms with Gasteiger partial charge in [-0.25, -0.2) is 4.98 Å². The van der Waals surface area contributed by atoms with Gasteiger partial charge >= 0.3 is 0 Å². The van der Waals surface area contributed by atoms with Crippen molar-refractivity contribution in [2.45, 2.75) is 26.2 Å². The number of aromatic nitrogens is 2. The van der Waals surface area contributed by atoms with Gasteiger partial charge in [-0.2, -0.15) is 4.98 Å². The van der Waals surface area contributed by atoms with E-state index in [1.54, 1.807) is 0 Å². The van der Waals surface area contributed by atoms with Gasteiger partial charge in [0.1, 0.15) is 5.82 Å². The molecule has 5 heteroatoms. The summed E-state index contributed by atoms with van der Waals surface area (Å²) in [4.78, 5) is 10.6. The Morgan fingerprint density at radius 2 is 2.11 bits per heavy atom. The molecule has 0 bridgehead atoms. The number of nitrogen functional groups attached to an aromatic ring is 1. The van der Waals surface area contributed by atoms with Gasteiger partial charge in [0.05, 0.1) is 0 Å². The van der Waals surface area contributed by atoms with E-state index in [2.05, 4.69) is 27.2 Å². The number of rotatable bonds is 4. The normalized spacial score (nSPS) is 17.9. The van der Waals surface area contributed by atoms with Gasteiger partial charge in [0.25, 0.3) is 0 Å². The number of piperidine rings is 1. The Balaban J connectivity index is 1.74. The van der Waals surface area contributed by atoms with Crippen molar-refractivity contribution in [2.24, 2.45) is 5.92 Å². The summed E-state index contributed by atoms with van der Waals surface area (Å²) >= 11 is 0. The number of likely N-dealkylation sites (tertiary alicyclic amines) is 1. The van der Waals surface area contributed by atoms with Crippen LogP contribution in [-0.4, -0.2) is 41.5 Å². The van der Waals surface area contributed by atoms with Gasteiger partial charge in [-0.15, -0.1) is 0 Å². The van der Waals surface area contributed by atoms with Crippen LogP contribution in [0.25, 0.3) is 0 Å². The largest absolute Gasteiger partial charge is 0.370 e. The standard InChI is InChI=1S/C13H23N5/c1-10-9-12(17-13(14)16-10)15-6-3-11-4-7-18(2)8-5-11/h9,11H,3-8H2,1-2H3,(H3,14,15,16,17). The number of nitrogens with one attached hydrogen (secondary N) is 1. The average molecular weight is 249 g/mol. The van der Waals surface area contributed by atoms with Crippen LogP contribution in [0.4, 0.5) is 11.8 Å². The molecule has 0 aliphatic carbocycles. The summed E-state index contributed by atoms with van der Waals surface area (Å²) in [6.07, 6.45) is 3.82. The lowest BCUT2D eigenvalue weighted by Gasteiger charge is -2.28.